The molecule has 0 aliphatic rings. The smallest absolute Gasteiger partial charge is 0.267 e. The van der Waals surface area contributed by atoms with Crippen LogP contribution in [-0.4, -0.2) is 38.6 Å². The Kier molecular flexibility index (Phi) is 7.14. The van der Waals surface area contributed by atoms with Crippen molar-refractivity contribution in [1.82, 2.24) is 24.9 Å². The van der Waals surface area contributed by atoms with Crippen LogP contribution in [0.15, 0.2) is 80.9 Å². The molecule has 0 fully saturated rings. The van der Waals surface area contributed by atoms with Gasteiger partial charge in [0, 0.05) is 24.2 Å². The molecule has 0 saturated carbocycles. The average Bonchev–Trinajstić information content (AvgIpc) is 3.41. The molecule has 0 bridgehead atoms. The highest BCUT2D eigenvalue weighted by molar-refractivity contribution is 5.83. The third-order valence-electron chi connectivity index (χ3n) is 5.60. The third kappa shape index (κ3) is 5.27. The number of hydrogen-bond donors (Lipinski definition) is 1. The molecule has 1 N–H and O–H groups in total. The van der Waals surface area contributed by atoms with Gasteiger partial charge in [-0.25, -0.2) is 9.36 Å². The highest BCUT2D eigenvalue weighted by Gasteiger charge is 2.32. The van der Waals surface area contributed by atoms with E-state index in [0.717, 1.165) is 16.0 Å². The molecule has 36 heavy (non-hydrogen) atoms. The summed E-state index contributed by atoms with van der Waals surface area (Å²) >= 11 is 0. The molecular weight excluding hydrogens is 462 g/mol. The number of amides is 1. The molecule has 0 unspecified atom stereocenters. The van der Waals surface area contributed by atoms with Crippen molar-refractivity contribution >= 4 is 5.91 Å². The molecule has 186 valence electrons. The summed E-state index contributed by atoms with van der Waals surface area (Å²) in [7, 11) is 0. The van der Waals surface area contributed by atoms with Crippen LogP contribution in [-0.2, 0) is 16.9 Å². The van der Waals surface area contributed by atoms with Gasteiger partial charge in [-0.1, -0.05) is 0 Å². The predicted molar refractivity (Wildman–Crippen MR) is 134 cm³/mol. The average molecular weight is 490 g/mol. The van der Waals surface area contributed by atoms with E-state index in [1.165, 1.54) is 23.1 Å². The Bertz CT molecular complexity index is 1450. The fourth-order valence-electron chi connectivity index (χ4n) is 3.61. The largest absolute Gasteiger partial charge is 0.494 e. The van der Waals surface area contributed by atoms with Gasteiger partial charge in [0.2, 0.25) is 5.91 Å². The van der Waals surface area contributed by atoms with Crippen molar-refractivity contribution in [2.75, 3.05) is 13.2 Å². The van der Waals surface area contributed by atoms with Gasteiger partial charge in [0.05, 0.1) is 25.1 Å². The number of furan rings is 1. The molecule has 3 heterocycles. The highest BCUT2D eigenvalue weighted by Crippen LogP contribution is 2.20. The number of hydrogen-bond acceptors (Lipinski definition) is 7. The molecule has 0 aliphatic heterocycles. The summed E-state index contributed by atoms with van der Waals surface area (Å²) < 4.78 is 13.2. The van der Waals surface area contributed by atoms with Gasteiger partial charge < -0.3 is 14.5 Å². The van der Waals surface area contributed by atoms with Crippen LogP contribution in [0.3, 0.4) is 0 Å². The number of ether oxygens (including phenoxy) is 1. The van der Waals surface area contributed by atoms with Crippen molar-refractivity contribution in [2.45, 2.75) is 32.9 Å². The zero-order valence-electron chi connectivity index (χ0n) is 20.3. The van der Waals surface area contributed by atoms with Crippen LogP contribution in [0, 0.1) is 0 Å². The standard InChI is InChI=1S/C26H27N5O5/c1-4-35-19-9-7-18(8-10-19)20-11-13-23(32)30(28-20)16-15-27-25(34)26(2,3)31-24(33)14-12-21(29-31)22-6-5-17-36-22/h5-14,17H,4,15-16H2,1-3H3,(H,27,34). The van der Waals surface area contributed by atoms with Crippen molar-refractivity contribution in [1.29, 1.82) is 0 Å². The van der Waals surface area contributed by atoms with E-state index in [1.807, 2.05) is 31.2 Å². The van der Waals surface area contributed by atoms with Gasteiger partial charge in [0.15, 0.2) is 5.76 Å². The Labute approximate surface area is 207 Å². The molecule has 10 heteroatoms. The van der Waals surface area contributed by atoms with Crippen molar-refractivity contribution in [3.63, 3.8) is 0 Å². The Morgan fingerprint density at radius 2 is 1.69 bits per heavy atom. The first-order chi connectivity index (χ1) is 17.3. The second kappa shape index (κ2) is 10.4. The zero-order chi connectivity index (χ0) is 25.7. The van der Waals surface area contributed by atoms with E-state index in [1.54, 1.807) is 38.1 Å². The topological polar surface area (TPSA) is 121 Å². The molecule has 1 amide bonds. The van der Waals surface area contributed by atoms with E-state index in [4.69, 9.17) is 9.15 Å². The monoisotopic (exact) mass is 489 g/mol. The molecular formula is C26H27N5O5. The van der Waals surface area contributed by atoms with Gasteiger partial charge in [-0.2, -0.15) is 10.2 Å². The summed E-state index contributed by atoms with van der Waals surface area (Å²) in [5.41, 5.74) is -0.118. The lowest BCUT2D eigenvalue weighted by Crippen LogP contribution is -2.50. The first kappa shape index (κ1) is 24.6. The Morgan fingerprint density at radius 1 is 0.972 bits per heavy atom. The molecule has 3 aromatic heterocycles. The van der Waals surface area contributed by atoms with Crippen molar-refractivity contribution < 1.29 is 13.9 Å². The van der Waals surface area contributed by atoms with Gasteiger partial charge >= 0.3 is 0 Å². The lowest BCUT2D eigenvalue weighted by molar-refractivity contribution is -0.129. The number of carbonyl (C=O) groups excluding carboxylic acids is 1. The Hall–Kier alpha value is -4.47. The zero-order valence-corrected chi connectivity index (χ0v) is 20.3. The summed E-state index contributed by atoms with van der Waals surface area (Å²) in [6.07, 6.45) is 1.51. The summed E-state index contributed by atoms with van der Waals surface area (Å²) in [5, 5.41) is 11.5. The van der Waals surface area contributed by atoms with E-state index in [0.29, 0.717) is 23.8 Å². The minimum absolute atomic E-state index is 0.133. The van der Waals surface area contributed by atoms with Crippen LogP contribution >= 0.6 is 0 Å². The number of benzene rings is 1. The second-order valence-corrected chi connectivity index (χ2v) is 8.50. The van der Waals surface area contributed by atoms with E-state index in [2.05, 4.69) is 15.5 Å². The van der Waals surface area contributed by atoms with E-state index in [9.17, 15) is 14.4 Å². The maximum atomic E-state index is 13.0. The number of nitrogens with zero attached hydrogens (tertiary/aromatic N) is 4. The minimum Gasteiger partial charge on any atom is -0.494 e. The Morgan fingerprint density at radius 3 is 2.39 bits per heavy atom. The number of nitrogens with one attached hydrogen (secondary N) is 1. The van der Waals surface area contributed by atoms with Gasteiger partial charge in [-0.15, -0.1) is 0 Å². The van der Waals surface area contributed by atoms with Crippen LogP contribution in [0.4, 0.5) is 0 Å². The quantitative estimate of drug-likeness (QED) is 0.384. The number of carbonyl (C=O) groups is 1. The van der Waals surface area contributed by atoms with E-state index < -0.39 is 17.0 Å². The Balaban J connectivity index is 1.45. The SMILES string of the molecule is CCOc1ccc(-c2ccc(=O)n(CCNC(=O)C(C)(C)n3nc(-c4ccco4)ccc3=O)n2)cc1. The van der Waals surface area contributed by atoms with E-state index >= 15 is 0 Å². The van der Waals surface area contributed by atoms with Crippen LogP contribution < -0.4 is 21.2 Å². The second-order valence-electron chi connectivity index (χ2n) is 8.50. The third-order valence-corrected chi connectivity index (χ3v) is 5.60. The van der Waals surface area contributed by atoms with Crippen molar-refractivity contribution in [3.8, 4) is 28.5 Å². The van der Waals surface area contributed by atoms with E-state index in [-0.39, 0.29) is 18.6 Å². The summed E-state index contributed by atoms with van der Waals surface area (Å²) in [6, 6.07) is 16.8. The fourth-order valence-corrected chi connectivity index (χ4v) is 3.61. The molecule has 0 atom stereocenters. The summed E-state index contributed by atoms with van der Waals surface area (Å²) in [4.78, 5) is 37.8. The number of rotatable bonds is 9. The summed E-state index contributed by atoms with van der Waals surface area (Å²) in [6.45, 7) is 5.97. The van der Waals surface area contributed by atoms with Crippen LogP contribution in [0.25, 0.3) is 22.7 Å². The molecule has 0 radical (unpaired) electrons. The lowest BCUT2D eigenvalue weighted by Gasteiger charge is -2.25. The maximum Gasteiger partial charge on any atom is 0.267 e. The van der Waals surface area contributed by atoms with Crippen molar-refractivity contribution in [3.05, 3.63) is 87.6 Å². The fraction of sp³-hybridized carbons (Fsp3) is 0.269. The molecule has 10 nitrogen and oxygen atoms in total. The van der Waals surface area contributed by atoms with Gasteiger partial charge in [0.25, 0.3) is 11.1 Å². The highest BCUT2D eigenvalue weighted by atomic mass is 16.5. The van der Waals surface area contributed by atoms with Gasteiger partial charge in [0.1, 0.15) is 17.0 Å². The molecule has 0 saturated heterocycles. The summed E-state index contributed by atoms with van der Waals surface area (Å²) in [5.74, 6) is 0.811. The van der Waals surface area contributed by atoms with Crippen molar-refractivity contribution in [2.24, 2.45) is 0 Å². The first-order valence-corrected chi connectivity index (χ1v) is 11.5. The lowest BCUT2D eigenvalue weighted by atomic mass is 10.0. The molecule has 4 aromatic rings. The predicted octanol–water partition coefficient (Wildman–Crippen LogP) is 2.68. The molecule has 4 rings (SSSR count). The maximum absolute atomic E-state index is 13.0. The van der Waals surface area contributed by atoms with Crippen LogP contribution in [0.2, 0.25) is 0 Å². The normalized spacial score (nSPS) is 11.3. The molecule has 0 aliphatic carbocycles. The molecule has 0 spiro atoms. The van der Waals surface area contributed by atoms with Gasteiger partial charge in [-0.05, 0) is 69.3 Å². The van der Waals surface area contributed by atoms with Crippen LogP contribution in [0.5, 0.6) is 5.75 Å². The van der Waals surface area contributed by atoms with Gasteiger partial charge in [-0.3, -0.25) is 14.4 Å². The van der Waals surface area contributed by atoms with Crippen LogP contribution in [0.1, 0.15) is 20.8 Å². The number of aromatic nitrogens is 4. The minimum atomic E-state index is -1.29. The first-order valence-electron chi connectivity index (χ1n) is 11.5. The molecule has 1 aromatic carbocycles.